The van der Waals surface area contributed by atoms with Crippen LogP contribution in [0.15, 0.2) is 30.3 Å². The Morgan fingerprint density at radius 1 is 1.16 bits per heavy atom. The zero-order chi connectivity index (χ0) is 17.5. The molecule has 1 aliphatic rings. The lowest BCUT2D eigenvalue weighted by molar-refractivity contribution is -0.149. The van der Waals surface area contributed by atoms with Crippen LogP contribution < -0.4 is 5.32 Å². The first-order valence-corrected chi connectivity index (χ1v) is 8.49. The van der Waals surface area contributed by atoms with E-state index in [4.69, 9.17) is 4.74 Å². The summed E-state index contributed by atoms with van der Waals surface area (Å²) in [7, 11) is 0. The number of rotatable bonds is 6. The van der Waals surface area contributed by atoms with Crippen molar-refractivity contribution in [1.82, 2.24) is 25.5 Å². The van der Waals surface area contributed by atoms with Gasteiger partial charge in [0.1, 0.15) is 0 Å². The summed E-state index contributed by atoms with van der Waals surface area (Å²) in [4.78, 5) is 24.8. The van der Waals surface area contributed by atoms with Crippen molar-refractivity contribution in [3.8, 4) is 11.4 Å². The number of tetrazole rings is 1. The molecule has 0 atom stereocenters. The van der Waals surface area contributed by atoms with Crippen LogP contribution in [0.2, 0.25) is 0 Å². The van der Waals surface area contributed by atoms with E-state index in [1.807, 2.05) is 30.3 Å². The van der Waals surface area contributed by atoms with Crippen molar-refractivity contribution in [1.29, 1.82) is 0 Å². The molecule has 0 unspecified atom stereocenters. The molecule has 2 aromatic rings. The molecule has 1 aromatic carbocycles. The second-order valence-corrected chi connectivity index (χ2v) is 6.07. The van der Waals surface area contributed by atoms with E-state index in [1.54, 1.807) is 0 Å². The van der Waals surface area contributed by atoms with Crippen LogP contribution >= 0.6 is 0 Å². The van der Waals surface area contributed by atoms with Gasteiger partial charge in [-0.3, -0.25) is 4.79 Å². The van der Waals surface area contributed by atoms with Gasteiger partial charge in [-0.2, -0.15) is 4.80 Å². The summed E-state index contributed by atoms with van der Waals surface area (Å²) in [6.07, 6.45) is 5.46. The Morgan fingerprint density at radius 3 is 2.68 bits per heavy atom. The van der Waals surface area contributed by atoms with Crippen LogP contribution in [-0.2, 0) is 20.9 Å². The third kappa shape index (κ3) is 5.10. The minimum absolute atomic E-state index is 0.184. The zero-order valence-corrected chi connectivity index (χ0v) is 13.9. The topological polar surface area (TPSA) is 99.0 Å². The summed E-state index contributed by atoms with van der Waals surface area (Å²) in [5, 5.41) is 14.8. The minimum Gasteiger partial charge on any atom is -0.454 e. The van der Waals surface area contributed by atoms with Crippen LogP contribution in [-0.4, -0.2) is 44.7 Å². The second-order valence-electron chi connectivity index (χ2n) is 6.07. The van der Waals surface area contributed by atoms with E-state index in [1.165, 1.54) is 6.42 Å². The smallest absolute Gasteiger partial charge is 0.330 e. The number of nitrogens with one attached hydrogen (secondary N) is 1. The number of benzene rings is 1. The van der Waals surface area contributed by atoms with Gasteiger partial charge in [-0.25, -0.2) is 4.79 Å². The van der Waals surface area contributed by atoms with Crippen LogP contribution in [0.1, 0.15) is 32.1 Å². The Hall–Kier alpha value is -2.77. The number of carbonyl (C=O) groups is 2. The number of amides is 1. The monoisotopic (exact) mass is 343 g/mol. The lowest BCUT2D eigenvalue weighted by Crippen LogP contribution is -2.39. The predicted molar refractivity (Wildman–Crippen MR) is 89.2 cm³/mol. The van der Waals surface area contributed by atoms with Gasteiger partial charge >= 0.3 is 5.97 Å². The molecule has 1 amide bonds. The van der Waals surface area contributed by atoms with Crippen LogP contribution in [0.25, 0.3) is 11.4 Å². The van der Waals surface area contributed by atoms with Gasteiger partial charge in [-0.15, -0.1) is 10.2 Å². The Balaban J connectivity index is 1.43. The summed E-state index contributed by atoms with van der Waals surface area (Å²) in [5.74, 6) is -0.406. The fourth-order valence-electron chi connectivity index (χ4n) is 2.84. The number of hydrogen-bond donors (Lipinski definition) is 1. The maximum Gasteiger partial charge on any atom is 0.330 e. The van der Waals surface area contributed by atoms with Gasteiger partial charge in [0.05, 0.1) is 0 Å². The molecule has 132 valence electrons. The molecule has 0 radical (unpaired) electrons. The molecule has 25 heavy (non-hydrogen) atoms. The Bertz CT molecular complexity index is 710. The number of hydrogen-bond acceptors (Lipinski definition) is 6. The molecular formula is C17H21N5O3. The van der Waals surface area contributed by atoms with Crippen molar-refractivity contribution in [2.75, 3.05) is 6.61 Å². The Morgan fingerprint density at radius 2 is 1.92 bits per heavy atom. The molecule has 0 aliphatic heterocycles. The lowest BCUT2D eigenvalue weighted by atomic mass is 9.95. The lowest BCUT2D eigenvalue weighted by Gasteiger charge is -2.22. The number of esters is 1. The van der Waals surface area contributed by atoms with E-state index in [0.29, 0.717) is 5.82 Å². The first kappa shape index (κ1) is 17.1. The van der Waals surface area contributed by atoms with Crippen molar-refractivity contribution in [3.05, 3.63) is 30.3 Å². The molecule has 8 nitrogen and oxygen atoms in total. The third-order valence-electron chi connectivity index (χ3n) is 4.09. The fraction of sp³-hybridized carbons (Fsp3) is 0.471. The van der Waals surface area contributed by atoms with Crippen molar-refractivity contribution >= 4 is 11.9 Å². The molecule has 3 rings (SSSR count). The van der Waals surface area contributed by atoms with Gasteiger partial charge in [0, 0.05) is 11.6 Å². The number of nitrogens with zero attached hydrogens (tertiary/aromatic N) is 4. The van der Waals surface area contributed by atoms with Crippen molar-refractivity contribution < 1.29 is 14.3 Å². The highest BCUT2D eigenvalue weighted by atomic mass is 16.5. The number of aromatic nitrogens is 4. The van der Waals surface area contributed by atoms with Crippen LogP contribution in [0.4, 0.5) is 0 Å². The Kier molecular flexibility index (Phi) is 5.71. The number of ether oxygens (including phenoxy) is 1. The van der Waals surface area contributed by atoms with E-state index in [-0.39, 0.29) is 25.1 Å². The fourth-order valence-corrected chi connectivity index (χ4v) is 2.84. The molecule has 1 saturated carbocycles. The largest absolute Gasteiger partial charge is 0.454 e. The number of carbonyl (C=O) groups excluding carboxylic acids is 2. The zero-order valence-electron chi connectivity index (χ0n) is 13.9. The van der Waals surface area contributed by atoms with E-state index in [0.717, 1.165) is 36.0 Å². The predicted octanol–water partition coefficient (Wildman–Crippen LogP) is 1.33. The van der Waals surface area contributed by atoms with Crippen molar-refractivity contribution in [2.45, 2.75) is 44.7 Å². The highest BCUT2D eigenvalue weighted by Crippen LogP contribution is 2.17. The van der Waals surface area contributed by atoms with Crippen molar-refractivity contribution in [3.63, 3.8) is 0 Å². The quantitative estimate of drug-likeness (QED) is 0.795. The second kappa shape index (κ2) is 8.36. The molecule has 0 spiro atoms. The van der Waals surface area contributed by atoms with Gasteiger partial charge in [-0.05, 0) is 18.1 Å². The minimum atomic E-state index is -0.573. The van der Waals surface area contributed by atoms with Gasteiger partial charge in [-0.1, -0.05) is 49.6 Å². The maximum atomic E-state index is 11.8. The molecule has 0 bridgehead atoms. The maximum absolute atomic E-state index is 11.8. The average Bonchev–Trinajstić information content (AvgIpc) is 3.10. The SMILES string of the molecule is O=C(COC(=O)Cn1nnc(-c2ccccc2)n1)NC1CCCCC1. The summed E-state index contributed by atoms with van der Waals surface area (Å²) in [6.45, 7) is -0.466. The standard InChI is InChI=1S/C17H21N5O3/c23-15(18-14-9-5-2-6-10-14)12-25-16(24)11-22-20-17(19-21-22)13-7-3-1-4-8-13/h1,3-4,7-8,14H,2,5-6,9-12H2,(H,18,23). The molecule has 1 heterocycles. The van der Waals surface area contributed by atoms with E-state index in [2.05, 4.69) is 20.7 Å². The molecule has 1 aliphatic carbocycles. The summed E-state index contributed by atoms with van der Waals surface area (Å²) in [5.41, 5.74) is 0.814. The Labute approximate surface area is 145 Å². The molecule has 8 heteroatoms. The van der Waals surface area contributed by atoms with Crippen molar-refractivity contribution in [2.24, 2.45) is 0 Å². The van der Waals surface area contributed by atoms with Crippen LogP contribution in [0.5, 0.6) is 0 Å². The third-order valence-corrected chi connectivity index (χ3v) is 4.09. The summed E-state index contributed by atoms with van der Waals surface area (Å²) >= 11 is 0. The molecule has 1 fully saturated rings. The molecule has 1 aromatic heterocycles. The van der Waals surface area contributed by atoms with E-state index < -0.39 is 5.97 Å². The molecule has 1 N–H and O–H groups in total. The summed E-state index contributed by atoms with van der Waals surface area (Å²) < 4.78 is 4.98. The van der Waals surface area contributed by atoms with E-state index in [9.17, 15) is 9.59 Å². The molecule has 0 saturated heterocycles. The average molecular weight is 343 g/mol. The van der Waals surface area contributed by atoms with Gasteiger partial charge in [0.2, 0.25) is 5.82 Å². The highest BCUT2D eigenvalue weighted by Gasteiger charge is 2.17. The first-order chi connectivity index (χ1) is 12.2. The van der Waals surface area contributed by atoms with E-state index >= 15 is 0 Å². The normalized spacial score (nSPS) is 14.9. The van der Waals surface area contributed by atoms with Gasteiger partial charge < -0.3 is 10.1 Å². The van der Waals surface area contributed by atoms with Gasteiger partial charge in [0.15, 0.2) is 13.2 Å². The molecular weight excluding hydrogens is 322 g/mol. The summed E-state index contributed by atoms with van der Waals surface area (Å²) in [6, 6.07) is 9.55. The highest BCUT2D eigenvalue weighted by molar-refractivity contribution is 5.80. The van der Waals surface area contributed by atoms with Gasteiger partial charge in [0.25, 0.3) is 5.91 Å². The van der Waals surface area contributed by atoms with Crippen LogP contribution in [0.3, 0.4) is 0 Å². The van der Waals surface area contributed by atoms with Crippen LogP contribution in [0, 0.1) is 0 Å². The first-order valence-electron chi connectivity index (χ1n) is 8.49.